The Balaban J connectivity index is 1.21. The highest BCUT2D eigenvalue weighted by Gasteiger charge is 2.38. The van der Waals surface area contributed by atoms with Gasteiger partial charge in [-0.25, -0.2) is 19.5 Å². The molecule has 8 heteroatoms. The van der Waals surface area contributed by atoms with Crippen molar-refractivity contribution >= 4 is 22.9 Å². The van der Waals surface area contributed by atoms with E-state index in [1.165, 1.54) is 5.56 Å². The number of carbonyl (C=O) groups is 1. The summed E-state index contributed by atoms with van der Waals surface area (Å²) in [5.74, 6) is 1.59. The average Bonchev–Trinajstić information content (AvgIpc) is 3.47. The van der Waals surface area contributed by atoms with Crippen LogP contribution in [-0.4, -0.2) is 37.2 Å². The normalized spacial score (nSPS) is 24.2. The van der Waals surface area contributed by atoms with E-state index in [0.717, 1.165) is 66.3 Å². The van der Waals surface area contributed by atoms with Crippen molar-refractivity contribution in [2.45, 2.75) is 65.3 Å². The molecule has 3 aromatic rings. The first kappa shape index (κ1) is 20.6. The number of aromatic nitrogens is 4. The van der Waals surface area contributed by atoms with Crippen molar-refractivity contribution < 1.29 is 9.63 Å². The molecule has 0 bridgehead atoms. The maximum Gasteiger partial charge on any atom is 0.249 e. The molecule has 7 nitrogen and oxygen atoms in total. The van der Waals surface area contributed by atoms with E-state index in [2.05, 4.69) is 39.6 Å². The Morgan fingerprint density at radius 2 is 1.97 bits per heavy atom. The molecule has 0 radical (unpaired) electrons. The SMILES string of the molecule is Cc1nc2c(C)cc(C[C@H]3CC[C@H](C(=O)N4OCC[C@H]4c4csc(C)n4)CC3)cn2n1. The molecule has 1 amide bonds. The van der Waals surface area contributed by atoms with Crippen LogP contribution in [0.5, 0.6) is 0 Å². The first-order valence-electron chi connectivity index (χ1n) is 11.2. The number of hydrogen-bond donors (Lipinski definition) is 0. The fourth-order valence-electron chi connectivity index (χ4n) is 5.05. The van der Waals surface area contributed by atoms with E-state index in [1.807, 2.05) is 18.4 Å². The Hall–Kier alpha value is -2.32. The van der Waals surface area contributed by atoms with Gasteiger partial charge in [0.15, 0.2) is 5.65 Å². The molecule has 1 atom stereocenters. The Bertz CT molecular complexity index is 1100. The average molecular weight is 440 g/mol. The minimum Gasteiger partial charge on any atom is -0.272 e. The lowest BCUT2D eigenvalue weighted by Crippen LogP contribution is -2.37. The summed E-state index contributed by atoms with van der Waals surface area (Å²) in [6.07, 6.45) is 7.95. The van der Waals surface area contributed by atoms with Gasteiger partial charge in [0, 0.05) is 23.9 Å². The van der Waals surface area contributed by atoms with Gasteiger partial charge in [-0.15, -0.1) is 11.3 Å². The number of rotatable bonds is 4. The number of carbonyl (C=O) groups excluding carboxylic acids is 1. The lowest BCUT2D eigenvalue weighted by Gasteiger charge is -2.31. The number of hydroxylamine groups is 2. The molecule has 2 fully saturated rings. The quantitative estimate of drug-likeness (QED) is 0.604. The maximum atomic E-state index is 13.2. The highest BCUT2D eigenvalue weighted by atomic mass is 32.1. The molecule has 164 valence electrons. The fraction of sp³-hybridized carbons (Fsp3) is 0.565. The molecule has 1 saturated heterocycles. The summed E-state index contributed by atoms with van der Waals surface area (Å²) in [6, 6.07) is 2.20. The Labute approximate surface area is 186 Å². The summed E-state index contributed by atoms with van der Waals surface area (Å²) in [7, 11) is 0. The van der Waals surface area contributed by atoms with Gasteiger partial charge in [-0.05, 0) is 69.9 Å². The molecule has 3 aromatic heterocycles. The number of amides is 1. The first-order chi connectivity index (χ1) is 15.0. The minimum absolute atomic E-state index is 0.0315. The Morgan fingerprint density at radius 1 is 1.16 bits per heavy atom. The predicted octanol–water partition coefficient (Wildman–Crippen LogP) is 4.37. The van der Waals surface area contributed by atoms with Gasteiger partial charge in [0.25, 0.3) is 0 Å². The Morgan fingerprint density at radius 3 is 2.71 bits per heavy atom. The number of thiazole rings is 1. The largest absolute Gasteiger partial charge is 0.272 e. The Kier molecular flexibility index (Phi) is 5.52. The van der Waals surface area contributed by atoms with Gasteiger partial charge < -0.3 is 0 Å². The summed E-state index contributed by atoms with van der Waals surface area (Å²) in [6.45, 7) is 6.61. The van der Waals surface area contributed by atoms with Gasteiger partial charge in [-0.3, -0.25) is 9.63 Å². The molecular formula is C23H29N5O2S. The highest BCUT2D eigenvalue weighted by Crippen LogP contribution is 2.37. The lowest BCUT2D eigenvalue weighted by atomic mass is 9.79. The minimum atomic E-state index is -0.0315. The summed E-state index contributed by atoms with van der Waals surface area (Å²) in [5, 5.41) is 9.20. The number of pyridine rings is 1. The van der Waals surface area contributed by atoms with Crippen LogP contribution in [-0.2, 0) is 16.1 Å². The van der Waals surface area contributed by atoms with Gasteiger partial charge in [-0.2, -0.15) is 5.10 Å². The van der Waals surface area contributed by atoms with Crippen LogP contribution in [0.1, 0.15) is 65.8 Å². The molecule has 2 aliphatic rings. The smallest absolute Gasteiger partial charge is 0.249 e. The van der Waals surface area contributed by atoms with Crippen molar-refractivity contribution in [1.82, 2.24) is 24.6 Å². The molecule has 31 heavy (non-hydrogen) atoms. The second kappa shape index (κ2) is 8.31. The number of fused-ring (bicyclic) bond motifs is 1. The van der Waals surface area contributed by atoms with Gasteiger partial charge >= 0.3 is 0 Å². The van der Waals surface area contributed by atoms with Crippen LogP contribution in [0.2, 0.25) is 0 Å². The van der Waals surface area contributed by atoms with Gasteiger partial charge in [0.2, 0.25) is 5.91 Å². The van der Waals surface area contributed by atoms with Crippen LogP contribution >= 0.6 is 11.3 Å². The highest BCUT2D eigenvalue weighted by molar-refractivity contribution is 7.09. The van der Waals surface area contributed by atoms with Crippen molar-refractivity contribution in [3.8, 4) is 0 Å². The van der Waals surface area contributed by atoms with Gasteiger partial charge in [0.05, 0.1) is 17.3 Å². The topological polar surface area (TPSA) is 72.6 Å². The van der Waals surface area contributed by atoms with Crippen molar-refractivity contribution in [2.24, 2.45) is 11.8 Å². The lowest BCUT2D eigenvalue weighted by molar-refractivity contribution is -0.183. The molecular weight excluding hydrogens is 410 g/mol. The van der Waals surface area contributed by atoms with E-state index in [1.54, 1.807) is 16.4 Å². The molecule has 0 aromatic carbocycles. The maximum absolute atomic E-state index is 13.2. The molecule has 1 aliphatic carbocycles. The summed E-state index contributed by atoms with van der Waals surface area (Å²) >= 11 is 1.63. The second-order valence-corrected chi connectivity index (χ2v) is 10.0. The van der Waals surface area contributed by atoms with E-state index in [9.17, 15) is 4.79 Å². The third-order valence-corrected chi connectivity index (χ3v) is 7.39. The standard InChI is InChI=1S/C23H29N5O2S/c1-14-10-18(12-27-22(14)24-15(2)26-27)11-17-4-6-19(7-5-17)23(29)28-21(8-9-30-28)20-13-31-16(3)25-20/h10,12-13,17,19,21H,4-9,11H2,1-3H3/t17-,19-,21-/m0/s1. The first-order valence-corrected chi connectivity index (χ1v) is 12.1. The number of nitrogens with zero attached hydrogens (tertiary/aromatic N) is 5. The number of aryl methyl sites for hydroxylation is 3. The summed E-state index contributed by atoms with van der Waals surface area (Å²) < 4.78 is 1.90. The zero-order chi connectivity index (χ0) is 21.5. The fourth-order valence-corrected chi connectivity index (χ4v) is 5.71. The van der Waals surface area contributed by atoms with Crippen molar-refractivity contribution in [3.05, 3.63) is 45.3 Å². The molecule has 4 heterocycles. The predicted molar refractivity (Wildman–Crippen MR) is 119 cm³/mol. The monoisotopic (exact) mass is 439 g/mol. The van der Waals surface area contributed by atoms with Gasteiger partial charge in [-0.1, -0.05) is 6.07 Å². The van der Waals surface area contributed by atoms with Crippen LogP contribution in [0, 0.1) is 32.6 Å². The van der Waals surface area contributed by atoms with Crippen molar-refractivity contribution in [1.29, 1.82) is 0 Å². The van der Waals surface area contributed by atoms with E-state index in [0.29, 0.717) is 12.5 Å². The summed E-state index contributed by atoms with van der Waals surface area (Å²) in [5.41, 5.74) is 4.37. The van der Waals surface area contributed by atoms with Crippen LogP contribution in [0.25, 0.3) is 5.65 Å². The third kappa shape index (κ3) is 4.11. The zero-order valence-corrected chi connectivity index (χ0v) is 19.2. The molecule has 0 N–H and O–H groups in total. The molecule has 1 saturated carbocycles. The van der Waals surface area contributed by atoms with E-state index < -0.39 is 0 Å². The number of hydrogen-bond acceptors (Lipinski definition) is 6. The van der Waals surface area contributed by atoms with Gasteiger partial charge in [0.1, 0.15) is 11.9 Å². The van der Waals surface area contributed by atoms with Crippen LogP contribution in [0.4, 0.5) is 0 Å². The molecule has 5 rings (SSSR count). The van der Waals surface area contributed by atoms with E-state index in [4.69, 9.17) is 4.84 Å². The summed E-state index contributed by atoms with van der Waals surface area (Å²) in [4.78, 5) is 28.0. The van der Waals surface area contributed by atoms with Crippen LogP contribution in [0.15, 0.2) is 17.6 Å². The van der Waals surface area contributed by atoms with Crippen LogP contribution in [0.3, 0.4) is 0 Å². The van der Waals surface area contributed by atoms with Crippen molar-refractivity contribution in [2.75, 3.05) is 6.61 Å². The second-order valence-electron chi connectivity index (χ2n) is 8.97. The third-order valence-electron chi connectivity index (χ3n) is 6.60. The van der Waals surface area contributed by atoms with Crippen LogP contribution < -0.4 is 0 Å². The molecule has 1 aliphatic heterocycles. The van der Waals surface area contributed by atoms with E-state index in [-0.39, 0.29) is 17.9 Å². The molecule has 0 unspecified atom stereocenters. The molecule has 0 spiro atoms. The van der Waals surface area contributed by atoms with Crippen molar-refractivity contribution in [3.63, 3.8) is 0 Å². The zero-order valence-electron chi connectivity index (χ0n) is 18.4. The van der Waals surface area contributed by atoms with E-state index >= 15 is 0 Å².